The number of halogens is 2. The van der Waals surface area contributed by atoms with Gasteiger partial charge in [0, 0.05) is 26.3 Å². The minimum Gasteiger partial charge on any atom is -0.378 e. The van der Waals surface area contributed by atoms with Crippen molar-refractivity contribution in [3.8, 4) is 0 Å². The van der Waals surface area contributed by atoms with Gasteiger partial charge in [0.25, 0.3) is 0 Å². The second kappa shape index (κ2) is 6.64. The van der Waals surface area contributed by atoms with Gasteiger partial charge in [-0.1, -0.05) is 29.8 Å². The Morgan fingerprint density at radius 2 is 1.77 bits per heavy atom. The molecule has 0 heterocycles. The first kappa shape index (κ1) is 16.7. The number of anilines is 1. The predicted molar refractivity (Wildman–Crippen MR) is 86.2 cm³/mol. The topological polar surface area (TPSA) is 49.4 Å². The van der Waals surface area contributed by atoms with Crippen LogP contribution in [0.2, 0.25) is 5.02 Å². The number of nitrogens with zero attached hydrogens (tertiary/aromatic N) is 1. The van der Waals surface area contributed by atoms with Gasteiger partial charge in [-0.05, 0) is 29.8 Å². The number of nitrogens with one attached hydrogen (secondary N) is 1. The van der Waals surface area contributed by atoms with Crippen molar-refractivity contribution in [1.29, 1.82) is 0 Å². The molecule has 0 bridgehead atoms. The van der Waals surface area contributed by atoms with Gasteiger partial charge in [0.05, 0.1) is 5.02 Å². The molecule has 0 aliphatic heterocycles. The molecule has 0 saturated heterocycles. The van der Waals surface area contributed by atoms with Crippen LogP contribution in [-0.2, 0) is 16.6 Å². The fraction of sp³-hybridized carbons (Fsp3) is 0.200. The van der Waals surface area contributed by atoms with Gasteiger partial charge in [0.1, 0.15) is 4.90 Å². The van der Waals surface area contributed by atoms with Crippen molar-refractivity contribution in [3.05, 3.63) is 58.9 Å². The maximum atomic E-state index is 13.8. The molecule has 0 atom stereocenters. The molecule has 2 aromatic carbocycles. The van der Waals surface area contributed by atoms with Gasteiger partial charge < -0.3 is 4.90 Å². The molecule has 0 aliphatic carbocycles. The van der Waals surface area contributed by atoms with E-state index in [1.165, 1.54) is 18.2 Å². The van der Waals surface area contributed by atoms with E-state index >= 15 is 0 Å². The predicted octanol–water partition coefficient (Wildman–Crippen LogP) is 3.02. The van der Waals surface area contributed by atoms with E-state index in [-0.39, 0.29) is 11.6 Å². The smallest absolute Gasteiger partial charge is 0.243 e. The molecule has 4 nitrogen and oxygen atoms in total. The van der Waals surface area contributed by atoms with Gasteiger partial charge in [-0.15, -0.1) is 0 Å². The van der Waals surface area contributed by atoms with Gasteiger partial charge in [-0.3, -0.25) is 0 Å². The van der Waals surface area contributed by atoms with Crippen LogP contribution in [0.25, 0.3) is 0 Å². The molecule has 0 aromatic heterocycles. The lowest BCUT2D eigenvalue weighted by Gasteiger charge is -2.13. The van der Waals surface area contributed by atoms with Crippen LogP contribution in [0, 0.1) is 5.82 Å². The summed E-state index contributed by atoms with van der Waals surface area (Å²) < 4.78 is 40.4. The van der Waals surface area contributed by atoms with Crippen LogP contribution in [0.1, 0.15) is 5.56 Å². The molecule has 1 N–H and O–H groups in total. The summed E-state index contributed by atoms with van der Waals surface area (Å²) in [5, 5.41) is -0.224. The first-order valence-corrected chi connectivity index (χ1v) is 8.37. The molecule has 0 spiro atoms. The van der Waals surface area contributed by atoms with E-state index in [0.29, 0.717) is 0 Å². The zero-order valence-corrected chi connectivity index (χ0v) is 13.7. The molecule has 0 radical (unpaired) electrons. The second-order valence-corrected chi connectivity index (χ2v) is 7.08. The van der Waals surface area contributed by atoms with Crippen molar-refractivity contribution in [3.63, 3.8) is 0 Å². The van der Waals surface area contributed by atoms with E-state index in [0.717, 1.165) is 11.3 Å². The van der Waals surface area contributed by atoms with Gasteiger partial charge in [0.2, 0.25) is 10.0 Å². The maximum Gasteiger partial charge on any atom is 0.243 e. The van der Waals surface area contributed by atoms with Gasteiger partial charge in [-0.25, -0.2) is 17.5 Å². The summed E-state index contributed by atoms with van der Waals surface area (Å²) >= 11 is 5.61. The maximum absolute atomic E-state index is 13.8. The van der Waals surface area contributed by atoms with Crippen molar-refractivity contribution >= 4 is 27.3 Å². The summed E-state index contributed by atoms with van der Waals surface area (Å²) in [4.78, 5) is 1.49. The fourth-order valence-corrected chi connectivity index (χ4v) is 3.21. The number of rotatable bonds is 5. The number of hydrogen-bond acceptors (Lipinski definition) is 3. The highest BCUT2D eigenvalue weighted by Gasteiger charge is 2.20. The van der Waals surface area contributed by atoms with Crippen LogP contribution in [-0.4, -0.2) is 22.5 Å². The molecule has 2 rings (SSSR count). The quantitative estimate of drug-likeness (QED) is 0.908. The summed E-state index contributed by atoms with van der Waals surface area (Å²) in [5.74, 6) is -0.945. The normalized spacial score (nSPS) is 11.5. The van der Waals surface area contributed by atoms with E-state index in [2.05, 4.69) is 4.72 Å². The molecule has 7 heteroatoms. The average Bonchev–Trinajstić information content (AvgIpc) is 2.48. The fourth-order valence-electron chi connectivity index (χ4n) is 1.86. The zero-order chi connectivity index (χ0) is 16.3. The molecule has 0 amide bonds. The molecule has 0 aliphatic rings. The molecule has 0 saturated carbocycles. The van der Waals surface area contributed by atoms with E-state index < -0.39 is 20.7 Å². The summed E-state index contributed by atoms with van der Waals surface area (Å²) in [7, 11) is -0.125. The van der Waals surface area contributed by atoms with Gasteiger partial charge in [0.15, 0.2) is 5.82 Å². The third-order valence-electron chi connectivity index (χ3n) is 3.12. The standard InChI is InChI=1S/C15H16ClFN2O2S/c1-19(2)12-8-6-11(7-9-12)10-18-22(20,21)14-5-3-4-13(16)15(14)17/h3-9,18H,10H2,1-2H3. The lowest BCUT2D eigenvalue weighted by atomic mass is 10.2. The van der Waals surface area contributed by atoms with Crippen molar-refractivity contribution < 1.29 is 12.8 Å². The summed E-state index contributed by atoms with van der Waals surface area (Å²) in [5.41, 5.74) is 1.78. The van der Waals surface area contributed by atoms with Crippen LogP contribution in [0.15, 0.2) is 47.4 Å². The highest BCUT2D eigenvalue weighted by Crippen LogP contribution is 2.22. The number of benzene rings is 2. The van der Waals surface area contributed by atoms with E-state index in [1.807, 2.05) is 43.3 Å². The van der Waals surface area contributed by atoms with Crippen molar-refractivity contribution in [2.24, 2.45) is 0 Å². The summed E-state index contributed by atoms with van der Waals surface area (Å²) in [6.45, 7) is 0.0714. The summed E-state index contributed by atoms with van der Waals surface area (Å²) in [6.07, 6.45) is 0. The Kier molecular flexibility index (Phi) is 5.05. The van der Waals surface area contributed by atoms with Crippen molar-refractivity contribution in [1.82, 2.24) is 4.72 Å². The molecular formula is C15H16ClFN2O2S. The largest absolute Gasteiger partial charge is 0.378 e. The number of hydrogen-bond donors (Lipinski definition) is 1. The Labute approximate surface area is 134 Å². The van der Waals surface area contributed by atoms with E-state index in [4.69, 9.17) is 11.6 Å². The van der Waals surface area contributed by atoms with Crippen molar-refractivity contribution in [2.75, 3.05) is 19.0 Å². The third-order valence-corrected chi connectivity index (χ3v) is 4.84. The zero-order valence-electron chi connectivity index (χ0n) is 12.2. The molecular weight excluding hydrogens is 327 g/mol. The Balaban J connectivity index is 2.14. The highest BCUT2D eigenvalue weighted by atomic mass is 35.5. The van der Waals surface area contributed by atoms with Gasteiger partial charge >= 0.3 is 0 Å². The Morgan fingerprint density at radius 1 is 1.14 bits per heavy atom. The Morgan fingerprint density at radius 3 is 2.36 bits per heavy atom. The first-order chi connectivity index (χ1) is 10.3. The molecule has 2 aromatic rings. The summed E-state index contributed by atoms with van der Waals surface area (Å²) in [6, 6.07) is 11.3. The van der Waals surface area contributed by atoms with Crippen molar-refractivity contribution in [2.45, 2.75) is 11.4 Å². The molecule has 118 valence electrons. The second-order valence-electron chi connectivity index (χ2n) is 4.94. The monoisotopic (exact) mass is 342 g/mol. The average molecular weight is 343 g/mol. The van der Waals surface area contributed by atoms with Crippen LogP contribution in [0.4, 0.5) is 10.1 Å². The lowest BCUT2D eigenvalue weighted by Crippen LogP contribution is -2.24. The SMILES string of the molecule is CN(C)c1ccc(CNS(=O)(=O)c2cccc(Cl)c2F)cc1. The Bertz CT molecular complexity index is 762. The molecule has 0 unspecified atom stereocenters. The van der Waals surface area contributed by atoms with Crippen LogP contribution < -0.4 is 9.62 Å². The van der Waals surface area contributed by atoms with Crippen LogP contribution in [0.3, 0.4) is 0 Å². The van der Waals surface area contributed by atoms with Crippen LogP contribution >= 0.6 is 11.6 Å². The van der Waals surface area contributed by atoms with Gasteiger partial charge in [-0.2, -0.15) is 0 Å². The molecule has 22 heavy (non-hydrogen) atoms. The lowest BCUT2D eigenvalue weighted by molar-refractivity contribution is 0.557. The first-order valence-electron chi connectivity index (χ1n) is 6.51. The highest BCUT2D eigenvalue weighted by molar-refractivity contribution is 7.89. The molecule has 0 fully saturated rings. The van der Waals surface area contributed by atoms with E-state index in [9.17, 15) is 12.8 Å². The third kappa shape index (κ3) is 3.76. The minimum absolute atomic E-state index is 0.0714. The Hall–Kier alpha value is -1.63. The minimum atomic E-state index is -3.96. The number of sulfonamides is 1. The van der Waals surface area contributed by atoms with E-state index in [1.54, 1.807) is 0 Å². The van der Waals surface area contributed by atoms with Crippen LogP contribution in [0.5, 0.6) is 0 Å².